The third-order valence-corrected chi connectivity index (χ3v) is 3.08. The van der Waals surface area contributed by atoms with Gasteiger partial charge in [-0.1, -0.05) is 0 Å². The maximum absolute atomic E-state index is 12.7. The van der Waals surface area contributed by atoms with Crippen LogP contribution < -0.4 is 0 Å². The largest absolute Gasteiger partial charge is 0.466 e. The molecule has 1 rings (SSSR count). The zero-order chi connectivity index (χ0) is 13.7. The summed E-state index contributed by atoms with van der Waals surface area (Å²) in [7, 11) is 0. The van der Waals surface area contributed by atoms with Crippen LogP contribution in [-0.4, -0.2) is 17.6 Å². The van der Waals surface area contributed by atoms with Crippen LogP contribution in [0.3, 0.4) is 0 Å². The van der Waals surface area contributed by atoms with Crippen molar-refractivity contribution < 1.29 is 18.3 Å². The molecule has 3 nitrogen and oxygen atoms in total. The Hall–Kier alpha value is -0.750. The number of hydrogen-bond donors (Lipinski definition) is 0. The minimum atomic E-state index is -2.65. The lowest BCUT2D eigenvalue weighted by Crippen LogP contribution is -2.11. The van der Waals surface area contributed by atoms with Crippen molar-refractivity contribution in [3.05, 3.63) is 27.5 Å². The van der Waals surface area contributed by atoms with Gasteiger partial charge in [0, 0.05) is 10.0 Å². The van der Waals surface area contributed by atoms with Crippen molar-refractivity contribution in [2.24, 2.45) is 0 Å². The fourth-order valence-electron chi connectivity index (χ4n) is 1.35. The smallest absolute Gasteiger partial charge is 0.311 e. The van der Waals surface area contributed by atoms with Crippen molar-refractivity contribution in [1.82, 2.24) is 4.98 Å². The molecule has 0 aromatic carbocycles. The SMILES string of the molecule is CCOC(=O)Cc1nc(CCl)c(C(F)F)cc1Br. The van der Waals surface area contributed by atoms with E-state index < -0.39 is 12.4 Å². The molecule has 18 heavy (non-hydrogen) atoms. The van der Waals surface area contributed by atoms with E-state index in [9.17, 15) is 13.6 Å². The lowest BCUT2D eigenvalue weighted by molar-refractivity contribution is -0.142. The van der Waals surface area contributed by atoms with Gasteiger partial charge in [-0.2, -0.15) is 0 Å². The van der Waals surface area contributed by atoms with Gasteiger partial charge in [0.15, 0.2) is 0 Å². The lowest BCUT2D eigenvalue weighted by atomic mass is 10.1. The van der Waals surface area contributed by atoms with Crippen LogP contribution in [0.15, 0.2) is 10.5 Å². The summed E-state index contributed by atoms with van der Waals surface area (Å²) in [6.45, 7) is 1.94. The van der Waals surface area contributed by atoms with E-state index in [2.05, 4.69) is 20.9 Å². The number of halogens is 4. The van der Waals surface area contributed by atoms with Crippen molar-refractivity contribution in [2.75, 3.05) is 6.61 Å². The number of pyridine rings is 1. The zero-order valence-electron chi connectivity index (χ0n) is 9.55. The highest BCUT2D eigenvalue weighted by atomic mass is 79.9. The minimum Gasteiger partial charge on any atom is -0.466 e. The molecule has 0 spiro atoms. The van der Waals surface area contributed by atoms with Gasteiger partial charge in [0.1, 0.15) is 0 Å². The highest BCUT2D eigenvalue weighted by molar-refractivity contribution is 9.10. The van der Waals surface area contributed by atoms with Crippen molar-refractivity contribution in [3.63, 3.8) is 0 Å². The second-order valence-electron chi connectivity index (χ2n) is 3.37. The Morgan fingerprint density at radius 2 is 2.22 bits per heavy atom. The third kappa shape index (κ3) is 3.88. The maximum Gasteiger partial charge on any atom is 0.311 e. The summed E-state index contributed by atoms with van der Waals surface area (Å²) in [5.74, 6) is -0.598. The Morgan fingerprint density at radius 3 is 2.72 bits per heavy atom. The quantitative estimate of drug-likeness (QED) is 0.606. The maximum atomic E-state index is 12.7. The van der Waals surface area contributed by atoms with Crippen molar-refractivity contribution in [1.29, 1.82) is 0 Å². The zero-order valence-corrected chi connectivity index (χ0v) is 11.9. The number of carbonyl (C=O) groups is 1. The number of alkyl halides is 3. The number of aromatic nitrogens is 1. The summed E-state index contributed by atoms with van der Waals surface area (Å²) in [4.78, 5) is 15.3. The molecule has 0 N–H and O–H groups in total. The summed E-state index contributed by atoms with van der Waals surface area (Å²) in [6.07, 6.45) is -2.74. The van der Waals surface area contributed by atoms with Crippen LogP contribution in [0.1, 0.15) is 30.3 Å². The monoisotopic (exact) mass is 341 g/mol. The predicted molar refractivity (Wildman–Crippen MR) is 66.8 cm³/mol. The molecule has 0 saturated carbocycles. The van der Waals surface area contributed by atoms with Crippen LogP contribution in [0.4, 0.5) is 8.78 Å². The Morgan fingerprint density at radius 1 is 1.56 bits per heavy atom. The molecule has 0 amide bonds. The molecule has 0 radical (unpaired) electrons. The van der Waals surface area contributed by atoms with Gasteiger partial charge in [0.25, 0.3) is 6.43 Å². The normalized spacial score (nSPS) is 10.8. The first-order chi connectivity index (χ1) is 8.49. The number of nitrogens with zero attached hydrogens (tertiary/aromatic N) is 1. The van der Waals surface area contributed by atoms with Crippen LogP contribution in [0, 0.1) is 0 Å². The summed E-state index contributed by atoms with van der Waals surface area (Å²) in [5, 5.41) is 0. The molecular weight excluding hydrogens is 331 g/mol. The van der Waals surface area contributed by atoms with Gasteiger partial charge >= 0.3 is 5.97 Å². The summed E-state index contributed by atoms with van der Waals surface area (Å²) < 4.78 is 30.5. The van der Waals surface area contributed by atoms with Gasteiger partial charge in [-0.25, -0.2) is 8.78 Å². The van der Waals surface area contributed by atoms with E-state index in [1.807, 2.05) is 0 Å². The molecule has 0 saturated heterocycles. The second kappa shape index (κ2) is 6.99. The molecule has 0 atom stereocenters. The minimum absolute atomic E-state index is 0.0779. The van der Waals surface area contributed by atoms with Gasteiger partial charge in [-0.3, -0.25) is 9.78 Å². The van der Waals surface area contributed by atoms with Crippen LogP contribution in [0.2, 0.25) is 0 Å². The van der Waals surface area contributed by atoms with E-state index in [1.165, 1.54) is 6.07 Å². The molecule has 1 aromatic heterocycles. The van der Waals surface area contributed by atoms with Crippen LogP contribution in [0.5, 0.6) is 0 Å². The molecule has 0 aliphatic rings. The van der Waals surface area contributed by atoms with E-state index in [0.29, 0.717) is 10.2 Å². The summed E-state index contributed by atoms with van der Waals surface area (Å²) in [5.41, 5.74) is 0.187. The van der Waals surface area contributed by atoms with Gasteiger partial charge in [-0.15, -0.1) is 11.6 Å². The molecule has 0 aliphatic carbocycles. The highest BCUT2D eigenvalue weighted by Crippen LogP contribution is 2.28. The second-order valence-corrected chi connectivity index (χ2v) is 4.49. The molecule has 0 unspecified atom stereocenters. The highest BCUT2D eigenvalue weighted by Gasteiger charge is 2.18. The average molecular weight is 343 g/mol. The van der Waals surface area contributed by atoms with Crippen LogP contribution in [-0.2, 0) is 21.8 Å². The standard InChI is InChI=1S/C11H11BrClF2NO2/c1-2-18-10(17)4-8-7(12)3-6(11(14)15)9(5-13)16-8/h3,11H,2,4-5H2,1H3. The lowest BCUT2D eigenvalue weighted by Gasteiger charge is -2.10. The van der Waals surface area contributed by atoms with Crippen molar-refractivity contribution in [2.45, 2.75) is 25.7 Å². The molecule has 0 aliphatic heterocycles. The number of rotatable bonds is 5. The molecule has 7 heteroatoms. The molecular formula is C11H11BrClF2NO2. The molecule has 0 fully saturated rings. The summed E-state index contributed by atoms with van der Waals surface area (Å²) >= 11 is 8.68. The van der Waals surface area contributed by atoms with Crippen molar-refractivity contribution in [3.8, 4) is 0 Å². The molecule has 0 bridgehead atoms. The Balaban J connectivity index is 3.04. The number of esters is 1. The number of ether oxygens (including phenoxy) is 1. The van der Waals surface area contributed by atoms with Gasteiger partial charge < -0.3 is 4.74 Å². The number of carbonyl (C=O) groups excluding carboxylic acids is 1. The first-order valence-corrected chi connectivity index (χ1v) is 6.50. The van der Waals surface area contributed by atoms with E-state index >= 15 is 0 Å². The van der Waals surface area contributed by atoms with E-state index in [-0.39, 0.29) is 30.2 Å². The van der Waals surface area contributed by atoms with Crippen LogP contribution >= 0.6 is 27.5 Å². The van der Waals surface area contributed by atoms with Gasteiger partial charge in [0.2, 0.25) is 0 Å². The molecule has 100 valence electrons. The van der Waals surface area contributed by atoms with Crippen LogP contribution in [0.25, 0.3) is 0 Å². The molecule has 1 heterocycles. The van der Waals surface area contributed by atoms with E-state index in [1.54, 1.807) is 6.92 Å². The fraction of sp³-hybridized carbons (Fsp3) is 0.455. The Bertz CT molecular complexity index is 443. The average Bonchev–Trinajstić information content (AvgIpc) is 2.31. The van der Waals surface area contributed by atoms with Gasteiger partial charge in [0.05, 0.1) is 30.3 Å². The van der Waals surface area contributed by atoms with Gasteiger partial charge in [-0.05, 0) is 28.9 Å². The molecule has 1 aromatic rings. The summed E-state index contributed by atoms with van der Waals surface area (Å²) in [6, 6.07) is 1.24. The van der Waals surface area contributed by atoms with E-state index in [4.69, 9.17) is 16.3 Å². The fourth-order valence-corrected chi connectivity index (χ4v) is 2.04. The first kappa shape index (κ1) is 15.3. The third-order valence-electron chi connectivity index (χ3n) is 2.14. The first-order valence-electron chi connectivity index (χ1n) is 5.17. The predicted octanol–water partition coefficient (Wildman–Crippen LogP) is 3.63. The number of hydrogen-bond acceptors (Lipinski definition) is 3. The Labute approximate surface area is 117 Å². The van der Waals surface area contributed by atoms with Crippen molar-refractivity contribution >= 4 is 33.5 Å². The topological polar surface area (TPSA) is 39.2 Å². The Kier molecular flexibility index (Phi) is 5.95. The van der Waals surface area contributed by atoms with E-state index in [0.717, 1.165) is 0 Å².